The minimum Gasteiger partial charge on any atom is -0.480 e. The smallest absolute Gasteiger partial charge is 0.321 e. The highest BCUT2D eigenvalue weighted by atomic mass is 32.2. The Labute approximate surface area is 106 Å². The van der Waals surface area contributed by atoms with Crippen molar-refractivity contribution in [2.45, 2.75) is 19.4 Å². The SMILES string of the molecule is CCOCCS(=O)(=O)NC(CCSC)C(=O)O. The molecule has 0 amide bonds. The summed E-state index contributed by atoms with van der Waals surface area (Å²) in [7, 11) is -3.59. The molecule has 0 bridgehead atoms. The monoisotopic (exact) mass is 285 g/mol. The van der Waals surface area contributed by atoms with Crippen molar-refractivity contribution in [3.63, 3.8) is 0 Å². The molecule has 0 aliphatic heterocycles. The van der Waals surface area contributed by atoms with Gasteiger partial charge >= 0.3 is 5.97 Å². The quantitative estimate of drug-likeness (QED) is 0.555. The second-order valence-corrected chi connectivity index (χ2v) is 6.16. The van der Waals surface area contributed by atoms with Crippen LogP contribution in [-0.2, 0) is 19.6 Å². The zero-order chi connectivity index (χ0) is 13.3. The Balaban J connectivity index is 4.27. The summed E-state index contributed by atoms with van der Waals surface area (Å²) in [4.78, 5) is 10.8. The fourth-order valence-corrected chi connectivity index (χ4v) is 2.64. The van der Waals surface area contributed by atoms with E-state index in [4.69, 9.17) is 9.84 Å². The fourth-order valence-electron chi connectivity index (χ4n) is 1.06. The van der Waals surface area contributed by atoms with Gasteiger partial charge in [0.15, 0.2) is 0 Å². The average molecular weight is 285 g/mol. The van der Waals surface area contributed by atoms with Crippen LogP contribution in [0.25, 0.3) is 0 Å². The van der Waals surface area contributed by atoms with Gasteiger partial charge in [0.05, 0.1) is 12.4 Å². The third-order valence-electron chi connectivity index (χ3n) is 1.93. The van der Waals surface area contributed by atoms with Crippen LogP contribution in [0.2, 0.25) is 0 Å². The standard InChI is InChI=1S/C9H19NO5S2/c1-3-15-5-7-17(13,14)10-8(9(11)12)4-6-16-2/h8,10H,3-7H2,1-2H3,(H,11,12). The first-order valence-electron chi connectivity index (χ1n) is 5.22. The second-order valence-electron chi connectivity index (χ2n) is 3.31. The number of thioether (sulfide) groups is 1. The van der Waals surface area contributed by atoms with Crippen molar-refractivity contribution >= 4 is 27.8 Å². The molecular weight excluding hydrogens is 266 g/mol. The molecule has 0 fully saturated rings. The highest BCUT2D eigenvalue weighted by molar-refractivity contribution is 7.98. The van der Waals surface area contributed by atoms with Crippen LogP contribution in [0.1, 0.15) is 13.3 Å². The Morgan fingerprint density at radius 1 is 1.53 bits per heavy atom. The molecule has 17 heavy (non-hydrogen) atoms. The van der Waals surface area contributed by atoms with Gasteiger partial charge in [-0.2, -0.15) is 11.8 Å². The number of hydrogen-bond acceptors (Lipinski definition) is 5. The molecule has 0 saturated heterocycles. The topological polar surface area (TPSA) is 92.7 Å². The Morgan fingerprint density at radius 2 is 2.18 bits per heavy atom. The minimum absolute atomic E-state index is 0.0701. The predicted octanol–water partition coefficient (Wildman–Crippen LogP) is 0.149. The summed E-state index contributed by atoms with van der Waals surface area (Å²) in [6.07, 6.45) is 2.10. The van der Waals surface area contributed by atoms with E-state index in [1.165, 1.54) is 11.8 Å². The van der Waals surface area contributed by atoms with Crippen molar-refractivity contribution in [2.24, 2.45) is 0 Å². The van der Waals surface area contributed by atoms with Crippen molar-refractivity contribution in [3.05, 3.63) is 0 Å². The first-order chi connectivity index (χ1) is 7.93. The first-order valence-corrected chi connectivity index (χ1v) is 8.27. The molecule has 1 unspecified atom stereocenters. The normalized spacial score (nSPS) is 13.5. The molecule has 8 heteroatoms. The van der Waals surface area contributed by atoms with Crippen molar-refractivity contribution in [1.82, 2.24) is 4.72 Å². The van der Waals surface area contributed by atoms with Crippen molar-refractivity contribution < 1.29 is 23.1 Å². The van der Waals surface area contributed by atoms with E-state index in [-0.39, 0.29) is 18.8 Å². The highest BCUT2D eigenvalue weighted by Crippen LogP contribution is 2.02. The molecule has 0 aliphatic carbocycles. The van der Waals surface area contributed by atoms with Crippen LogP contribution in [-0.4, -0.2) is 56.5 Å². The van der Waals surface area contributed by atoms with Gasteiger partial charge in [-0.25, -0.2) is 13.1 Å². The summed E-state index contributed by atoms with van der Waals surface area (Å²) in [6.45, 7) is 2.27. The van der Waals surface area contributed by atoms with Crippen LogP contribution in [0.4, 0.5) is 0 Å². The number of nitrogens with one attached hydrogen (secondary N) is 1. The van der Waals surface area contributed by atoms with Crippen molar-refractivity contribution in [3.8, 4) is 0 Å². The second kappa shape index (κ2) is 8.73. The number of ether oxygens (including phenoxy) is 1. The lowest BCUT2D eigenvalue weighted by Gasteiger charge is -2.14. The Hall–Kier alpha value is -0.310. The molecule has 0 aromatic carbocycles. The molecule has 1 atom stereocenters. The Kier molecular flexibility index (Phi) is 8.57. The summed E-state index contributed by atoms with van der Waals surface area (Å²) in [5.74, 6) is -0.784. The van der Waals surface area contributed by atoms with Crippen LogP contribution in [0.3, 0.4) is 0 Å². The molecule has 0 aliphatic rings. The van der Waals surface area contributed by atoms with Crippen LogP contribution < -0.4 is 4.72 Å². The molecule has 0 spiro atoms. The lowest BCUT2D eigenvalue weighted by atomic mass is 10.2. The van der Waals surface area contributed by atoms with Gasteiger partial charge in [0.25, 0.3) is 0 Å². The molecule has 0 saturated carbocycles. The van der Waals surface area contributed by atoms with E-state index in [0.717, 1.165) is 0 Å². The lowest BCUT2D eigenvalue weighted by Crippen LogP contribution is -2.42. The number of carbonyl (C=O) groups is 1. The van der Waals surface area contributed by atoms with Gasteiger partial charge in [0, 0.05) is 6.61 Å². The van der Waals surface area contributed by atoms with Gasteiger partial charge in [-0.15, -0.1) is 0 Å². The largest absolute Gasteiger partial charge is 0.480 e. The molecule has 0 aromatic rings. The molecular formula is C9H19NO5S2. The van der Waals surface area contributed by atoms with Crippen LogP contribution in [0.5, 0.6) is 0 Å². The van der Waals surface area contributed by atoms with E-state index in [2.05, 4.69) is 4.72 Å². The Bertz CT molecular complexity index is 317. The van der Waals surface area contributed by atoms with Gasteiger partial charge in [-0.05, 0) is 25.4 Å². The van der Waals surface area contributed by atoms with E-state index in [0.29, 0.717) is 12.4 Å². The summed E-state index contributed by atoms with van der Waals surface area (Å²) in [6, 6.07) is -1.06. The molecule has 0 rings (SSSR count). The molecule has 0 radical (unpaired) electrons. The van der Waals surface area contributed by atoms with Gasteiger partial charge in [-0.3, -0.25) is 4.79 Å². The molecule has 6 nitrogen and oxygen atoms in total. The Morgan fingerprint density at radius 3 is 2.65 bits per heavy atom. The maximum absolute atomic E-state index is 11.5. The maximum Gasteiger partial charge on any atom is 0.321 e. The number of aliphatic carboxylic acids is 1. The summed E-state index contributed by atoms with van der Waals surface area (Å²) in [5.41, 5.74) is 0. The molecule has 0 heterocycles. The zero-order valence-electron chi connectivity index (χ0n) is 10.0. The summed E-state index contributed by atoms with van der Waals surface area (Å²) < 4.78 is 30.1. The number of rotatable bonds is 10. The van der Waals surface area contributed by atoms with E-state index in [1.54, 1.807) is 6.92 Å². The summed E-state index contributed by atoms with van der Waals surface area (Å²) in [5, 5.41) is 8.87. The van der Waals surface area contributed by atoms with E-state index in [1.807, 2.05) is 6.26 Å². The van der Waals surface area contributed by atoms with E-state index >= 15 is 0 Å². The number of carboxylic acids is 1. The number of hydrogen-bond donors (Lipinski definition) is 2. The molecule has 102 valence electrons. The van der Waals surface area contributed by atoms with Gasteiger partial charge in [-0.1, -0.05) is 0 Å². The van der Waals surface area contributed by atoms with E-state index in [9.17, 15) is 13.2 Å². The number of carboxylic acid groups (broad SMARTS) is 1. The zero-order valence-corrected chi connectivity index (χ0v) is 11.6. The van der Waals surface area contributed by atoms with Crippen LogP contribution >= 0.6 is 11.8 Å². The lowest BCUT2D eigenvalue weighted by molar-refractivity contribution is -0.139. The fraction of sp³-hybridized carbons (Fsp3) is 0.889. The molecule has 2 N–H and O–H groups in total. The van der Waals surface area contributed by atoms with Crippen molar-refractivity contribution in [2.75, 3.05) is 31.0 Å². The van der Waals surface area contributed by atoms with E-state index < -0.39 is 22.0 Å². The summed E-state index contributed by atoms with van der Waals surface area (Å²) >= 11 is 1.47. The highest BCUT2D eigenvalue weighted by Gasteiger charge is 2.23. The van der Waals surface area contributed by atoms with Gasteiger partial charge in [0.1, 0.15) is 6.04 Å². The first kappa shape index (κ1) is 16.7. The number of sulfonamides is 1. The van der Waals surface area contributed by atoms with Crippen molar-refractivity contribution in [1.29, 1.82) is 0 Å². The third kappa shape index (κ3) is 8.42. The minimum atomic E-state index is -3.59. The third-order valence-corrected chi connectivity index (χ3v) is 3.92. The van der Waals surface area contributed by atoms with Gasteiger partial charge < -0.3 is 9.84 Å². The van der Waals surface area contributed by atoms with Crippen LogP contribution in [0, 0.1) is 0 Å². The maximum atomic E-state index is 11.5. The van der Waals surface area contributed by atoms with Crippen LogP contribution in [0.15, 0.2) is 0 Å². The van der Waals surface area contributed by atoms with Gasteiger partial charge in [0.2, 0.25) is 10.0 Å². The average Bonchev–Trinajstić information content (AvgIpc) is 2.24. The molecule has 0 aromatic heterocycles. The predicted molar refractivity (Wildman–Crippen MR) is 67.8 cm³/mol.